The van der Waals surface area contributed by atoms with Gasteiger partial charge in [0.05, 0.1) is 5.52 Å². The van der Waals surface area contributed by atoms with E-state index in [4.69, 9.17) is 4.74 Å². The van der Waals surface area contributed by atoms with Crippen LogP contribution in [-0.4, -0.2) is 39.7 Å². The first-order chi connectivity index (χ1) is 12.2. The van der Waals surface area contributed by atoms with E-state index in [1.165, 1.54) is 23.6 Å². The first-order valence-corrected chi connectivity index (χ1v) is 8.96. The topological polar surface area (TPSA) is 51.5 Å². The van der Waals surface area contributed by atoms with Gasteiger partial charge in [-0.2, -0.15) is 0 Å². The average Bonchev–Trinajstić information content (AvgIpc) is 3.10. The number of ether oxygens (including phenoxy) is 1. The van der Waals surface area contributed by atoms with Gasteiger partial charge in [0.1, 0.15) is 11.4 Å². The number of amides is 1. The maximum absolute atomic E-state index is 13.6. The number of aromatic nitrogens is 1. The molecule has 0 aliphatic carbocycles. The fraction of sp³-hybridized carbons (Fsp3) is 0.500. The van der Waals surface area contributed by atoms with Crippen molar-refractivity contribution >= 4 is 22.9 Å². The molecule has 1 fully saturated rings. The van der Waals surface area contributed by atoms with Crippen molar-refractivity contribution in [2.45, 2.75) is 58.6 Å². The van der Waals surface area contributed by atoms with E-state index in [0.29, 0.717) is 18.5 Å². The van der Waals surface area contributed by atoms with Gasteiger partial charge in [0.2, 0.25) is 5.91 Å². The molecule has 0 radical (unpaired) electrons. The minimum Gasteiger partial charge on any atom is -0.444 e. The third kappa shape index (κ3) is 3.74. The van der Waals surface area contributed by atoms with Gasteiger partial charge in [-0.15, -0.1) is 0 Å². The normalized spacial score (nSPS) is 17.7. The molecule has 2 aromatic rings. The van der Waals surface area contributed by atoms with E-state index in [9.17, 15) is 14.0 Å². The molecule has 1 atom stereocenters. The quantitative estimate of drug-likeness (QED) is 0.798. The van der Waals surface area contributed by atoms with Crippen LogP contribution in [0.3, 0.4) is 0 Å². The Bertz CT molecular complexity index is 851. The number of hydrogen-bond acceptors (Lipinski definition) is 3. The Balaban J connectivity index is 1.88. The van der Waals surface area contributed by atoms with E-state index in [1.54, 1.807) is 17.2 Å². The minimum atomic E-state index is -0.535. The Hall–Kier alpha value is -2.37. The molecule has 1 aromatic heterocycles. The fourth-order valence-corrected chi connectivity index (χ4v) is 3.56. The average molecular weight is 360 g/mol. The molecule has 1 unspecified atom stereocenters. The molecule has 1 aromatic carbocycles. The van der Waals surface area contributed by atoms with Crippen LogP contribution in [0.4, 0.5) is 9.18 Å². The highest BCUT2D eigenvalue weighted by atomic mass is 19.1. The molecular weight excluding hydrogens is 335 g/mol. The van der Waals surface area contributed by atoms with Gasteiger partial charge in [-0.3, -0.25) is 9.36 Å². The Labute approximate surface area is 152 Å². The first-order valence-electron chi connectivity index (χ1n) is 8.96. The number of benzene rings is 1. The Morgan fingerprint density at radius 1 is 1.31 bits per heavy atom. The summed E-state index contributed by atoms with van der Waals surface area (Å²) >= 11 is 0. The van der Waals surface area contributed by atoms with Crippen LogP contribution in [0.2, 0.25) is 0 Å². The standard InChI is InChI=1S/C20H25FN2O3/c1-13(24)23-12-14(17-8-7-15(21)11-18(17)23)10-16-6-5-9-22(16)19(25)26-20(2,3)4/h7-8,11-12,16H,5-6,9-10H2,1-4H3. The van der Waals surface area contributed by atoms with E-state index in [1.807, 2.05) is 20.8 Å². The zero-order valence-corrected chi connectivity index (χ0v) is 15.7. The molecular formula is C20H25FN2O3. The van der Waals surface area contributed by atoms with Crippen molar-refractivity contribution < 1.29 is 18.7 Å². The van der Waals surface area contributed by atoms with Crippen molar-refractivity contribution in [1.82, 2.24) is 9.47 Å². The molecule has 3 rings (SSSR count). The number of halogens is 1. The summed E-state index contributed by atoms with van der Waals surface area (Å²) in [6.07, 6.45) is 3.87. The molecule has 0 N–H and O–H groups in total. The van der Waals surface area contributed by atoms with E-state index in [-0.39, 0.29) is 23.9 Å². The van der Waals surface area contributed by atoms with Crippen LogP contribution in [0.25, 0.3) is 10.9 Å². The first kappa shape index (κ1) is 18.4. The van der Waals surface area contributed by atoms with E-state index < -0.39 is 5.60 Å². The number of nitrogens with zero attached hydrogens (tertiary/aromatic N) is 2. The molecule has 0 bridgehead atoms. The van der Waals surface area contributed by atoms with E-state index in [2.05, 4.69) is 0 Å². The van der Waals surface area contributed by atoms with Gasteiger partial charge in [0, 0.05) is 31.1 Å². The number of likely N-dealkylation sites (tertiary alicyclic amines) is 1. The monoisotopic (exact) mass is 360 g/mol. The fourth-order valence-electron chi connectivity index (χ4n) is 3.56. The zero-order chi connectivity index (χ0) is 19.1. The number of carbonyl (C=O) groups is 2. The van der Waals surface area contributed by atoms with Gasteiger partial charge in [0.25, 0.3) is 0 Å². The molecule has 1 amide bonds. The summed E-state index contributed by atoms with van der Waals surface area (Å²) in [7, 11) is 0. The van der Waals surface area contributed by atoms with Crippen LogP contribution < -0.4 is 0 Å². The van der Waals surface area contributed by atoms with Crippen molar-refractivity contribution in [1.29, 1.82) is 0 Å². The summed E-state index contributed by atoms with van der Waals surface area (Å²) in [4.78, 5) is 26.2. The minimum absolute atomic E-state index is 0.0147. The summed E-state index contributed by atoms with van der Waals surface area (Å²) in [5.74, 6) is -0.539. The summed E-state index contributed by atoms with van der Waals surface area (Å²) < 4.78 is 20.6. The highest BCUT2D eigenvalue weighted by Gasteiger charge is 2.32. The van der Waals surface area contributed by atoms with Gasteiger partial charge in [-0.05, 0) is 63.8 Å². The summed E-state index contributed by atoms with van der Waals surface area (Å²) in [6, 6.07) is 4.49. The van der Waals surface area contributed by atoms with Crippen molar-refractivity contribution in [3.05, 3.63) is 35.8 Å². The Kier molecular flexibility index (Phi) is 4.78. The van der Waals surface area contributed by atoms with Gasteiger partial charge < -0.3 is 9.64 Å². The van der Waals surface area contributed by atoms with Gasteiger partial charge >= 0.3 is 6.09 Å². The summed E-state index contributed by atoms with van der Waals surface area (Å²) in [6.45, 7) is 7.68. The lowest BCUT2D eigenvalue weighted by molar-refractivity contribution is 0.0226. The van der Waals surface area contributed by atoms with Gasteiger partial charge in [-0.25, -0.2) is 9.18 Å². The van der Waals surface area contributed by atoms with Crippen LogP contribution in [0.1, 0.15) is 50.9 Å². The number of rotatable bonds is 2. The van der Waals surface area contributed by atoms with Gasteiger partial charge in [-0.1, -0.05) is 0 Å². The number of carbonyl (C=O) groups excluding carboxylic acids is 2. The molecule has 0 saturated carbocycles. The SMILES string of the molecule is CC(=O)n1cc(CC2CCCN2C(=O)OC(C)(C)C)c2ccc(F)cc21. The van der Waals surface area contributed by atoms with Gasteiger partial charge in [0.15, 0.2) is 0 Å². The molecule has 5 nitrogen and oxygen atoms in total. The molecule has 140 valence electrons. The van der Waals surface area contributed by atoms with Crippen LogP contribution in [-0.2, 0) is 11.2 Å². The smallest absolute Gasteiger partial charge is 0.410 e. The summed E-state index contributed by atoms with van der Waals surface area (Å²) in [5, 5.41) is 0.845. The molecule has 1 aliphatic heterocycles. The molecule has 0 spiro atoms. The lowest BCUT2D eigenvalue weighted by Crippen LogP contribution is -2.40. The molecule has 2 heterocycles. The number of hydrogen-bond donors (Lipinski definition) is 0. The molecule has 6 heteroatoms. The zero-order valence-electron chi connectivity index (χ0n) is 15.7. The van der Waals surface area contributed by atoms with Crippen molar-refractivity contribution in [3.63, 3.8) is 0 Å². The van der Waals surface area contributed by atoms with Crippen LogP contribution in [0.15, 0.2) is 24.4 Å². The Morgan fingerprint density at radius 3 is 2.69 bits per heavy atom. The van der Waals surface area contributed by atoms with Crippen LogP contribution in [0, 0.1) is 5.82 Å². The highest BCUT2D eigenvalue weighted by molar-refractivity contribution is 5.93. The lowest BCUT2D eigenvalue weighted by Gasteiger charge is -2.28. The summed E-state index contributed by atoms with van der Waals surface area (Å²) in [5.41, 5.74) is 0.969. The van der Waals surface area contributed by atoms with Crippen LogP contribution in [0.5, 0.6) is 0 Å². The highest BCUT2D eigenvalue weighted by Crippen LogP contribution is 2.29. The molecule has 1 aliphatic rings. The maximum Gasteiger partial charge on any atom is 0.410 e. The van der Waals surface area contributed by atoms with E-state index in [0.717, 1.165) is 23.8 Å². The second-order valence-electron chi connectivity index (χ2n) is 7.88. The largest absolute Gasteiger partial charge is 0.444 e. The van der Waals surface area contributed by atoms with Crippen LogP contribution >= 0.6 is 0 Å². The molecule has 1 saturated heterocycles. The van der Waals surface area contributed by atoms with Crippen molar-refractivity contribution in [3.8, 4) is 0 Å². The maximum atomic E-state index is 13.6. The third-order valence-corrected chi connectivity index (χ3v) is 4.65. The van der Waals surface area contributed by atoms with E-state index >= 15 is 0 Å². The predicted molar refractivity (Wildman–Crippen MR) is 97.9 cm³/mol. The lowest BCUT2D eigenvalue weighted by atomic mass is 10.0. The van der Waals surface area contributed by atoms with Crippen molar-refractivity contribution in [2.24, 2.45) is 0 Å². The Morgan fingerprint density at radius 2 is 2.04 bits per heavy atom. The molecule has 26 heavy (non-hydrogen) atoms. The van der Waals surface area contributed by atoms with Crippen molar-refractivity contribution in [2.75, 3.05) is 6.54 Å². The second-order valence-corrected chi connectivity index (χ2v) is 7.88. The third-order valence-electron chi connectivity index (χ3n) is 4.65. The number of fused-ring (bicyclic) bond motifs is 1. The predicted octanol–water partition coefficient (Wildman–Crippen LogP) is 4.38. The second kappa shape index (κ2) is 6.74.